The van der Waals surface area contributed by atoms with Crippen molar-refractivity contribution < 1.29 is 22.4 Å². The van der Waals surface area contributed by atoms with Gasteiger partial charge in [0.1, 0.15) is 29.6 Å². The van der Waals surface area contributed by atoms with Gasteiger partial charge in [0, 0.05) is 0 Å². The van der Waals surface area contributed by atoms with Crippen molar-refractivity contribution in [3.05, 3.63) is 60.4 Å². The first-order chi connectivity index (χ1) is 12.1. The van der Waals surface area contributed by atoms with Crippen molar-refractivity contribution in [2.45, 2.75) is 4.90 Å². The summed E-state index contributed by atoms with van der Waals surface area (Å²) in [4.78, 5) is 1.04. The third kappa shape index (κ3) is 4.36. The predicted molar refractivity (Wildman–Crippen MR) is 92.7 cm³/mol. The Morgan fingerprint density at radius 2 is 1.64 bits per heavy atom. The summed E-state index contributed by atoms with van der Waals surface area (Å²) in [5.41, 5.74) is 0. The molecule has 1 fully saturated rings. The third-order valence-corrected chi connectivity index (χ3v) is 6.28. The smallest absolute Gasteiger partial charge is 0.246 e. The molecule has 25 heavy (non-hydrogen) atoms. The first-order valence-corrected chi connectivity index (χ1v) is 9.77. The molecule has 3 rings (SSSR count). The molecule has 0 atom stereocenters. The first-order valence-electron chi connectivity index (χ1n) is 8.33. The van der Waals surface area contributed by atoms with Crippen molar-refractivity contribution in [2.75, 3.05) is 39.3 Å². The summed E-state index contributed by atoms with van der Waals surface area (Å²) in [6, 6.07) is 15.1. The zero-order valence-electron chi connectivity index (χ0n) is 13.9. The summed E-state index contributed by atoms with van der Waals surface area (Å²) in [6.45, 7) is 3.54. The van der Waals surface area contributed by atoms with Crippen LogP contribution in [0.3, 0.4) is 0 Å². The highest BCUT2D eigenvalue weighted by Gasteiger charge is 2.31. The molecule has 1 aliphatic rings. The van der Waals surface area contributed by atoms with Gasteiger partial charge in [0.2, 0.25) is 10.0 Å². The van der Waals surface area contributed by atoms with E-state index in [1.54, 1.807) is 6.07 Å². The molecular weight excluding hydrogens is 343 g/mol. The van der Waals surface area contributed by atoms with Crippen LogP contribution in [0.5, 0.6) is 5.75 Å². The van der Waals surface area contributed by atoms with E-state index < -0.39 is 15.8 Å². The minimum Gasteiger partial charge on any atom is -0.488 e. The van der Waals surface area contributed by atoms with Gasteiger partial charge in [0.05, 0.1) is 26.2 Å². The van der Waals surface area contributed by atoms with Gasteiger partial charge in [-0.1, -0.05) is 30.3 Å². The largest absolute Gasteiger partial charge is 0.488 e. The van der Waals surface area contributed by atoms with Crippen LogP contribution in [-0.4, -0.2) is 52.1 Å². The molecule has 0 radical (unpaired) electrons. The van der Waals surface area contributed by atoms with Crippen molar-refractivity contribution in [2.24, 2.45) is 0 Å². The van der Waals surface area contributed by atoms with Crippen molar-refractivity contribution in [1.82, 2.24) is 4.31 Å². The zero-order chi connectivity index (χ0) is 17.7. The minimum absolute atomic E-state index is 0.245. The number of quaternary nitrogens is 1. The average molecular weight is 365 g/mol. The Morgan fingerprint density at radius 3 is 2.32 bits per heavy atom. The third-order valence-electron chi connectivity index (χ3n) is 4.35. The summed E-state index contributed by atoms with van der Waals surface area (Å²) in [5.74, 6) is 0.135. The fourth-order valence-electron chi connectivity index (χ4n) is 2.92. The van der Waals surface area contributed by atoms with Crippen LogP contribution in [0.25, 0.3) is 0 Å². The highest BCUT2D eigenvalue weighted by Crippen LogP contribution is 2.18. The monoisotopic (exact) mass is 365 g/mol. The summed E-state index contributed by atoms with van der Waals surface area (Å²) in [5, 5.41) is 0. The lowest BCUT2D eigenvalue weighted by molar-refractivity contribution is -0.903. The molecule has 2 aromatic carbocycles. The topological polar surface area (TPSA) is 51.0 Å². The van der Waals surface area contributed by atoms with Crippen LogP contribution in [0.4, 0.5) is 4.39 Å². The number of piperazine rings is 1. The Bertz CT molecular complexity index is 791. The maximum absolute atomic E-state index is 13.8. The van der Waals surface area contributed by atoms with Crippen molar-refractivity contribution >= 4 is 10.0 Å². The molecular formula is C18H22FN2O3S+. The summed E-state index contributed by atoms with van der Waals surface area (Å²) < 4.78 is 46.0. The summed E-state index contributed by atoms with van der Waals surface area (Å²) in [6.07, 6.45) is 0. The standard InChI is InChI=1S/C18H21FN2O3S/c19-17-8-4-5-9-18(17)25(22,23)21-12-10-20(11-13-21)14-15-24-16-6-2-1-3-7-16/h1-9H,10-15H2/p+1. The SMILES string of the molecule is O=S(=O)(c1ccccc1F)N1CC[NH+](CCOc2ccccc2)CC1. The summed E-state index contributed by atoms with van der Waals surface area (Å²) >= 11 is 0. The molecule has 2 aromatic rings. The number of benzene rings is 2. The summed E-state index contributed by atoms with van der Waals surface area (Å²) in [7, 11) is -3.77. The van der Waals surface area contributed by atoms with E-state index in [0.717, 1.165) is 12.3 Å². The Labute approximate surface area is 147 Å². The van der Waals surface area contributed by atoms with E-state index in [0.29, 0.717) is 32.8 Å². The number of sulfonamides is 1. The van der Waals surface area contributed by atoms with Crippen LogP contribution in [0.1, 0.15) is 0 Å². The van der Waals surface area contributed by atoms with E-state index in [2.05, 4.69) is 0 Å². The molecule has 0 amide bonds. The number of hydrogen-bond acceptors (Lipinski definition) is 3. The maximum Gasteiger partial charge on any atom is 0.246 e. The van der Waals surface area contributed by atoms with Crippen LogP contribution >= 0.6 is 0 Å². The number of nitrogens with one attached hydrogen (secondary N) is 1. The number of rotatable bonds is 6. The van der Waals surface area contributed by atoms with E-state index in [-0.39, 0.29) is 4.90 Å². The van der Waals surface area contributed by atoms with Crippen molar-refractivity contribution in [1.29, 1.82) is 0 Å². The number of ether oxygens (including phenoxy) is 1. The van der Waals surface area contributed by atoms with E-state index in [9.17, 15) is 12.8 Å². The van der Waals surface area contributed by atoms with Crippen molar-refractivity contribution in [3.8, 4) is 5.75 Å². The Balaban J connectivity index is 1.51. The highest BCUT2D eigenvalue weighted by molar-refractivity contribution is 7.89. The lowest BCUT2D eigenvalue weighted by atomic mass is 10.3. The fourth-order valence-corrected chi connectivity index (χ4v) is 4.42. The normalized spacial score (nSPS) is 16.7. The molecule has 1 N–H and O–H groups in total. The highest BCUT2D eigenvalue weighted by atomic mass is 32.2. The molecule has 1 aliphatic heterocycles. The molecule has 0 spiro atoms. The van der Waals surface area contributed by atoms with Crippen LogP contribution in [0.2, 0.25) is 0 Å². The van der Waals surface area contributed by atoms with Gasteiger partial charge in [-0.15, -0.1) is 0 Å². The molecule has 0 saturated carbocycles. The minimum atomic E-state index is -3.77. The quantitative estimate of drug-likeness (QED) is 0.824. The lowest BCUT2D eigenvalue weighted by Gasteiger charge is -2.31. The van der Waals surface area contributed by atoms with E-state index in [1.807, 2.05) is 30.3 Å². The first kappa shape index (κ1) is 17.8. The van der Waals surface area contributed by atoms with Gasteiger partial charge >= 0.3 is 0 Å². The number of hydrogen-bond donors (Lipinski definition) is 1. The Kier molecular flexibility index (Phi) is 5.67. The molecule has 1 saturated heterocycles. The van der Waals surface area contributed by atoms with Gasteiger partial charge in [-0.05, 0) is 24.3 Å². The van der Waals surface area contributed by atoms with Gasteiger partial charge in [-0.2, -0.15) is 4.31 Å². The van der Waals surface area contributed by atoms with Gasteiger partial charge in [0.15, 0.2) is 0 Å². The van der Waals surface area contributed by atoms with Crippen LogP contribution < -0.4 is 9.64 Å². The molecule has 0 bridgehead atoms. The second kappa shape index (κ2) is 7.95. The van der Waals surface area contributed by atoms with Gasteiger partial charge in [0.25, 0.3) is 0 Å². The number of nitrogens with zero attached hydrogens (tertiary/aromatic N) is 1. The van der Waals surface area contributed by atoms with E-state index in [1.165, 1.54) is 27.4 Å². The molecule has 134 valence electrons. The van der Waals surface area contributed by atoms with Gasteiger partial charge in [-0.25, -0.2) is 12.8 Å². The van der Waals surface area contributed by atoms with Crippen molar-refractivity contribution in [3.63, 3.8) is 0 Å². The maximum atomic E-state index is 13.8. The number of para-hydroxylation sites is 1. The Morgan fingerprint density at radius 1 is 1.00 bits per heavy atom. The molecule has 0 unspecified atom stereocenters. The van der Waals surface area contributed by atoms with Crippen LogP contribution in [-0.2, 0) is 10.0 Å². The lowest BCUT2D eigenvalue weighted by Crippen LogP contribution is -3.15. The second-order valence-electron chi connectivity index (χ2n) is 6.00. The fraction of sp³-hybridized carbons (Fsp3) is 0.333. The molecule has 1 heterocycles. The van der Waals surface area contributed by atoms with Crippen LogP contribution in [0.15, 0.2) is 59.5 Å². The molecule has 7 heteroatoms. The van der Waals surface area contributed by atoms with E-state index >= 15 is 0 Å². The molecule has 0 aromatic heterocycles. The average Bonchev–Trinajstić information content (AvgIpc) is 2.63. The number of halogens is 1. The molecule has 0 aliphatic carbocycles. The van der Waals surface area contributed by atoms with Crippen LogP contribution in [0, 0.1) is 5.82 Å². The second-order valence-corrected chi connectivity index (χ2v) is 7.90. The predicted octanol–water partition coefficient (Wildman–Crippen LogP) is 0.794. The Hall–Kier alpha value is -1.96. The van der Waals surface area contributed by atoms with Gasteiger partial charge < -0.3 is 9.64 Å². The van der Waals surface area contributed by atoms with E-state index in [4.69, 9.17) is 4.74 Å². The van der Waals surface area contributed by atoms with Gasteiger partial charge in [-0.3, -0.25) is 0 Å². The zero-order valence-corrected chi connectivity index (χ0v) is 14.7. The molecule has 5 nitrogen and oxygen atoms in total.